The van der Waals surface area contributed by atoms with Gasteiger partial charge in [0.05, 0.1) is 10.5 Å². The third-order valence-electron chi connectivity index (χ3n) is 3.21. The van der Waals surface area contributed by atoms with Gasteiger partial charge in [0.1, 0.15) is 0 Å². The molecule has 0 radical (unpaired) electrons. The molecule has 8 heteroatoms. The van der Waals surface area contributed by atoms with Crippen LogP contribution in [0.3, 0.4) is 0 Å². The van der Waals surface area contributed by atoms with Crippen LogP contribution in [0.5, 0.6) is 0 Å². The molecule has 0 saturated carbocycles. The molecule has 1 aromatic carbocycles. The minimum Gasteiger partial charge on any atom is -0.368 e. The Morgan fingerprint density at radius 2 is 2.15 bits per heavy atom. The van der Waals surface area contributed by atoms with E-state index in [1.165, 1.54) is 6.07 Å². The minimum absolute atomic E-state index is 0.00329. The van der Waals surface area contributed by atoms with Crippen molar-refractivity contribution >= 4 is 11.4 Å². The molecule has 1 aliphatic rings. The second kappa shape index (κ2) is 5.28. The Bertz CT molecular complexity index is 519. The van der Waals surface area contributed by atoms with Crippen LogP contribution >= 0.6 is 0 Å². The van der Waals surface area contributed by atoms with Crippen molar-refractivity contribution < 1.29 is 18.1 Å². The smallest absolute Gasteiger partial charge is 0.368 e. The number of rotatable bonds is 2. The summed E-state index contributed by atoms with van der Waals surface area (Å²) in [5.74, 6) is 0. The van der Waals surface area contributed by atoms with Gasteiger partial charge in [-0.3, -0.25) is 10.1 Å². The molecule has 0 aliphatic carbocycles. The first-order valence-electron chi connectivity index (χ1n) is 6.13. The summed E-state index contributed by atoms with van der Waals surface area (Å²) in [4.78, 5) is 11.4. The largest absolute Gasteiger partial charge is 0.418 e. The summed E-state index contributed by atoms with van der Waals surface area (Å²) in [5, 5.41) is 13.8. The van der Waals surface area contributed by atoms with Crippen molar-refractivity contribution in [1.82, 2.24) is 5.32 Å². The summed E-state index contributed by atoms with van der Waals surface area (Å²) >= 11 is 0. The average Bonchev–Trinajstić information content (AvgIpc) is 2.37. The van der Waals surface area contributed by atoms with Crippen molar-refractivity contribution in [1.29, 1.82) is 0 Å². The quantitative estimate of drug-likeness (QED) is 0.671. The van der Waals surface area contributed by atoms with Crippen LogP contribution in [-0.2, 0) is 6.18 Å². The molecule has 20 heavy (non-hydrogen) atoms. The topological polar surface area (TPSA) is 58.4 Å². The standard InChI is InChI=1S/C12H14F3N3O2/c1-8-7-17(5-4-16-8)11-3-2-9(18(19)20)6-10(11)12(13,14)15/h2-3,6,8,16H,4-5,7H2,1H3. The SMILES string of the molecule is CC1CN(c2ccc([N+](=O)[O-])cc2C(F)(F)F)CCN1. The van der Waals surface area contributed by atoms with Gasteiger partial charge in [0.25, 0.3) is 5.69 Å². The molecule has 1 saturated heterocycles. The number of non-ortho nitro benzene ring substituents is 1. The van der Waals surface area contributed by atoms with Gasteiger partial charge in [-0.2, -0.15) is 13.2 Å². The monoisotopic (exact) mass is 289 g/mol. The Balaban J connectivity index is 2.43. The molecular formula is C12H14F3N3O2. The number of nitro benzene ring substituents is 1. The fraction of sp³-hybridized carbons (Fsp3) is 0.500. The van der Waals surface area contributed by atoms with E-state index in [0.29, 0.717) is 25.7 Å². The van der Waals surface area contributed by atoms with E-state index in [2.05, 4.69) is 5.32 Å². The lowest BCUT2D eigenvalue weighted by molar-refractivity contribution is -0.385. The fourth-order valence-corrected chi connectivity index (χ4v) is 2.29. The van der Waals surface area contributed by atoms with Crippen LogP contribution < -0.4 is 10.2 Å². The maximum Gasteiger partial charge on any atom is 0.418 e. The number of nitrogens with zero attached hydrogens (tertiary/aromatic N) is 2. The zero-order valence-corrected chi connectivity index (χ0v) is 10.8. The van der Waals surface area contributed by atoms with Crippen molar-refractivity contribution in [2.24, 2.45) is 0 Å². The van der Waals surface area contributed by atoms with E-state index in [1.54, 1.807) is 4.90 Å². The van der Waals surface area contributed by atoms with Crippen molar-refractivity contribution in [3.63, 3.8) is 0 Å². The van der Waals surface area contributed by atoms with Gasteiger partial charge in [-0.15, -0.1) is 0 Å². The molecule has 1 N–H and O–H groups in total. The lowest BCUT2D eigenvalue weighted by Crippen LogP contribution is -2.49. The van der Waals surface area contributed by atoms with E-state index in [-0.39, 0.29) is 11.7 Å². The number of alkyl halides is 3. The van der Waals surface area contributed by atoms with E-state index in [9.17, 15) is 23.3 Å². The zero-order valence-electron chi connectivity index (χ0n) is 10.8. The Labute approximate surface area is 113 Å². The third kappa shape index (κ3) is 3.01. The van der Waals surface area contributed by atoms with Gasteiger partial charge in [-0.25, -0.2) is 0 Å². The Morgan fingerprint density at radius 3 is 2.70 bits per heavy atom. The third-order valence-corrected chi connectivity index (χ3v) is 3.21. The molecule has 1 unspecified atom stereocenters. The molecule has 1 aliphatic heterocycles. The highest BCUT2D eigenvalue weighted by atomic mass is 19.4. The molecule has 2 rings (SSSR count). The number of halogens is 3. The van der Waals surface area contributed by atoms with Gasteiger partial charge in [-0.05, 0) is 13.0 Å². The number of piperazine rings is 1. The molecule has 0 spiro atoms. The molecule has 1 heterocycles. The molecule has 1 fully saturated rings. The number of hydrogen-bond acceptors (Lipinski definition) is 4. The minimum atomic E-state index is -4.62. The summed E-state index contributed by atoms with van der Waals surface area (Å²) in [7, 11) is 0. The van der Waals surface area contributed by atoms with Crippen LogP contribution in [0.1, 0.15) is 12.5 Å². The number of benzene rings is 1. The van der Waals surface area contributed by atoms with E-state index >= 15 is 0 Å². The van der Waals surface area contributed by atoms with Gasteiger partial charge < -0.3 is 10.2 Å². The van der Waals surface area contributed by atoms with Gasteiger partial charge >= 0.3 is 6.18 Å². The maximum absolute atomic E-state index is 13.1. The van der Waals surface area contributed by atoms with Gasteiger partial charge in [-0.1, -0.05) is 0 Å². The summed E-state index contributed by atoms with van der Waals surface area (Å²) < 4.78 is 39.2. The van der Waals surface area contributed by atoms with E-state index in [0.717, 1.165) is 6.07 Å². The van der Waals surface area contributed by atoms with Gasteiger partial charge in [0, 0.05) is 43.5 Å². The molecule has 110 valence electrons. The highest BCUT2D eigenvalue weighted by Gasteiger charge is 2.37. The summed E-state index contributed by atoms with van der Waals surface area (Å²) in [6.45, 7) is 3.33. The van der Waals surface area contributed by atoms with Gasteiger partial charge in [0.2, 0.25) is 0 Å². The normalized spacial score (nSPS) is 20.0. The van der Waals surface area contributed by atoms with E-state index in [4.69, 9.17) is 0 Å². The molecule has 5 nitrogen and oxygen atoms in total. The second-order valence-electron chi connectivity index (χ2n) is 4.76. The molecule has 0 bridgehead atoms. The van der Waals surface area contributed by atoms with Crippen LogP contribution in [0.4, 0.5) is 24.5 Å². The number of nitro groups is 1. The van der Waals surface area contributed by atoms with Crippen molar-refractivity contribution in [3.8, 4) is 0 Å². The van der Waals surface area contributed by atoms with Crippen LogP contribution in [0.25, 0.3) is 0 Å². The predicted molar refractivity (Wildman–Crippen MR) is 67.8 cm³/mol. The maximum atomic E-state index is 13.1. The fourth-order valence-electron chi connectivity index (χ4n) is 2.29. The Morgan fingerprint density at radius 1 is 1.45 bits per heavy atom. The summed E-state index contributed by atoms with van der Waals surface area (Å²) in [6, 6.07) is 2.96. The van der Waals surface area contributed by atoms with Crippen LogP contribution in [0, 0.1) is 10.1 Å². The summed E-state index contributed by atoms with van der Waals surface area (Å²) in [6.07, 6.45) is -4.62. The second-order valence-corrected chi connectivity index (χ2v) is 4.76. The molecule has 0 aromatic heterocycles. The number of hydrogen-bond donors (Lipinski definition) is 1. The lowest BCUT2D eigenvalue weighted by atomic mass is 10.1. The Hall–Kier alpha value is -1.83. The molecule has 1 aromatic rings. The van der Waals surface area contributed by atoms with Crippen LogP contribution in [0.15, 0.2) is 18.2 Å². The highest BCUT2D eigenvalue weighted by Crippen LogP contribution is 2.39. The molecule has 0 amide bonds. The van der Waals surface area contributed by atoms with Crippen LogP contribution in [-0.4, -0.2) is 30.6 Å². The van der Waals surface area contributed by atoms with Crippen LogP contribution in [0.2, 0.25) is 0 Å². The van der Waals surface area contributed by atoms with Crippen molar-refractivity contribution in [2.45, 2.75) is 19.1 Å². The molecule has 1 atom stereocenters. The number of anilines is 1. The summed E-state index contributed by atoms with van der Waals surface area (Å²) in [5.41, 5.74) is -1.51. The predicted octanol–water partition coefficient (Wildman–Crippen LogP) is 2.41. The zero-order chi connectivity index (χ0) is 14.9. The van der Waals surface area contributed by atoms with E-state index < -0.39 is 22.4 Å². The van der Waals surface area contributed by atoms with Crippen molar-refractivity contribution in [3.05, 3.63) is 33.9 Å². The van der Waals surface area contributed by atoms with Gasteiger partial charge in [0.15, 0.2) is 0 Å². The molecular weight excluding hydrogens is 275 g/mol. The van der Waals surface area contributed by atoms with E-state index in [1.807, 2.05) is 6.92 Å². The first-order valence-corrected chi connectivity index (χ1v) is 6.13. The lowest BCUT2D eigenvalue weighted by Gasteiger charge is -2.35. The Kier molecular flexibility index (Phi) is 3.85. The first-order chi connectivity index (χ1) is 9.29. The van der Waals surface area contributed by atoms with Crippen molar-refractivity contribution in [2.75, 3.05) is 24.5 Å². The number of nitrogens with one attached hydrogen (secondary N) is 1. The highest BCUT2D eigenvalue weighted by molar-refractivity contribution is 5.59. The average molecular weight is 289 g/mol. The first kappa shape index (κ1) is 14.6.